The summed E-state index contributed by atoms with van der Waals surface area (Å²) in [6, 6.07) is 23.6. The van der Waals surface area contributed by atoms with Crippen LogP contribution in [0.2, 0.25) is 0 Å². The first-order valence-electron chi connectivity index (χ1n) is 12.0. The quantitative estimate of drug-likeness (QED) is 0.327. The van der Waals surface area contributed by atoms with Crippen LogP contribution in [0, 0.1) is 6.92 Å². The lowest BCUT2D eigenvalue weighted by Gasteiger charge is -2.22. The van der Waals surface area contributed by atoms with Crippen LogP contribution in [0.4, 0.5) is 0 Å². The molecule has 4 aromatic rings. The van der Waals surface area contributed by atoms with Crippen molar-refractivity contribution in [3.63, 3.8) is 0 Å². The Bertz CT molecular complexity index is 1370. The number of hydrogen-bond donors (Lipinski definition) is 0. The highest BCUT2D eigenvalue weighted by Gasteiger charge is 2.22. The molecule has 5 nitrogen and oxygen atoms in total. The van der Waals surface area contributed by atoms with Gasteiger partial charge in [0.25, 0.3) is 5.56 Å². The maximum absolute atomic E-state index is 13.3. The molecule has 1 aromatic heterocycles. The number of benzene rings is 3. The lowest BCUT2D eigenvalue weighted by Crippen LogP contribution is -2.25. The predicted molar refractivity (Wildman–Crippen MR) is 137 cm³/mol. The summed E-state index contributed by atoms with van der Waals surface area (Å²) in [6.45, 7) is 2.57. The minimum atomic E-state index is -0.116. The van der Waals surface area contributed by atoms with Crippen molar-refractivity contribution in [1.29, 1.82) is 0 Å². The third kappa shape index (κ3) is 4.93. The van der Waals surface area contributed by atoms with Gasteiger partial charge in [-0.05, 0) is 55.2 Å². The molecule has 0 N–H and O–H groups in total. The van der Waals surface area contributed by atoms with E-state index in [0.717, 1.165) is 53.9 Å². The Hall–Kier alpha value is -3.73. The molecule has 0 radical (unpaired) electrons. The summed E-state index contributed by atoms with van der Waals surface area (Å²) >= 11 is 0. The first kappa shape index (κ1) is 22.1. The topological polar surface area (TPSA) is 56.5 Å². The zero-order valence-electron chi connectivity index (χ0n) is 19.5. The molecule has 0 atom stereocenters. The van der Waals surface area contributed by atoms with Crippen molar-refractivity contribution in [2.45, 2.75) is 51.6 Å². The van der Waals surface area contributed by atoms with Gasteiger partial charge >= 0.3 is 0 Å². The van der Waals surface area contributed by atoms with Crippen molar-refractivity contribution in [2.24, 2.45) is 5.10 Å². The molecule has 34 heavy (non-hydrogen) atoms. The Morgan fingerprint density at radius 2 is 1.79 bits per heavy atom. The highest BCUT2D eigenvalue weighted by Crippen LogP contribution is 2.31. The van der Waals surface area contributed by atoms with Crippen LogP contribution in [0.25, 0.3) is 10.9 Å². The Balaban J connectivity index is 1.43. The molecule has 0 bridgehead atoms. The normalized spacial score (nSPS) is 14.6. The standard InChI is InChI=1S/C29H29N3O2/c1-21-14-16-22(17-15-21)20-34-25-11-7-8-23(18-25)19-30-32-28(24-9-3-2-4-10-24)31-27-13-6-5-12-26(27)29(32)33/h5-8,11-19,24H,2-4,9-10,20H2,1H3. The summed E-state index contributed by atoms with van der Waals surface area (Å²) in [5.74, 6) is 1.79. The Labute approximate surface area is 199 Å². The van der Waals surface area contributed by atoms with E-state index in [-0.39, 0.29) is 11.5 Å². The molecule has 0 amide bonds. The van der Waals surface area contributed by atoms with Crippen LogP contribution in [-0.4, -0.2) is 15.9 Å². The van der Waals surface area contributed by atoms with Crippen molar-refractivity contribution in [2.75, 3.05) is 0 Å². The van der Waals surface area contributed by atoms with E-state index in [1.54, 1.807) is 6.21 Å². The van der Waals surface area contributed by atoms with Crippen LogP contribution in [0.3, 0.4) is 0 Å². The first-order valence-corrected chi connectivity index (χ1v) is 12.0. The Kier molecular flexibility index (Phi) is 6.52. The van der Waals surface area contributed by atoms with Gasteiger partial charge in [-0.2, -0.15) is 9.78 Å². The van der Waals surface area contributed by atoms with Gasteiger partial charge in [0, 0.05) is 5.92 Å². The second kappa shape index (κ2) is 10.0. The number of aryl methyl sites for hydroxylation is 1. The van der Waals surface area contributed by atoms with E-state index in [2.05, 4.69) is 36.3 Å². The maximum atomic E-state index is 13.3. The largest absolute Gasteiger partial charge is 0.489 e. The molecule has 0 unspecified atom stereocenters. The fraction of sp³-hybridized carbons (Fsp3) is 0.276. The molecule has 5 heteroatoms. The Morgan fingerprint density at radius 3 is 2.62 bits per heavy atom. The van der Waals surface area contributed by atoms with Crippen LogP contribution in [0.15, 0.2) is 82.7 Å². The smallest absolute Gasteiger partial charge is 0.282 e. The molecule has 1 aliphatic rings. The third-order valence-electron chi connectivity index (χ3n) is 6.46. The van der Waals surface area contributed by atoms with E-state index in [1.807, 2.05) is 48.5 Å². The van der Waals surface area contributed by atoms with Crippen molar-refractivity contribution in [1.82, 2.24) is 9.66 Å². The van der Waals surface area contributed by atoms with Crippen molar-refractivity contribution < 1.29 is 4.74 Å². The molecule has 0 spiro atoms. The van der Waals surface area contributed by atoms with Crippen LogP contribution >= 0.6 is 0 Å². The lowest BCUT2D eigenvalue weighted by molar-refractivity contribution is 0.306. The van der Waals surface area contributed by atoms with Crippen LogP contribution in [0.5, 0.6) is 5.75 Å². The number of aromatic nitrogens is 2. The highest BCUT2D eigenvalue weighted by molar-refractivity contribution is 5.81. The minimum Gasteiger partial charge on any atom is -0.489 e. The summed E-state index contributed by atoms with van der Waals surface area (Å²) in [7, 11) is 0. The number of rotatable bonds is 6. The van der Waals surface area contributed by atoms with Gasteiger partial charge in [0.1, 0.15) is 18.2 Å². The molecule has 1 heterocycles. The monoisotopic (exact) mass is 451 g/mol. The molecule has 0 aliphatic heterocycles. The van der Waals surface area contributed by atoms with E-state index in [1.165, 1.54) is 16.7 Å². The van der Waals surface area contributed by atoms with E-state index >= 15 is 0 Å². The van der Waals surface area contributed by atoms with Gasteiger partial charge in [-0.15, -0.1) is 0 Å². The van der Waals surface area contributed by atoms with E-state index in [4.69, 9.17) is 9.72 Å². The van der Waals surface area contributed by atoms with Gasteiger partial charge in [-0.3, -0.25) is 4.79 Å². The van der Waals surface area contributed by atoms with Gasteiger partial charge in [-0.1, -0.05) is 73.4 Å². The summed E-state index contributed by atoms with van der Waals surface area (Å²) in [5, 5.41) is 5.22. The zero-order chi connectivity index (χ0) is 23.3. The average Bonchev–Trinajstić information content (AvgIpc) is 2.88. The number of hydrogen-bond acceptors (Lipinski definition) is 4. The van der Waals surface area contributed by atoms with Crippen LogP contribution in [0.1, 0.15) is 60.5 Å². The van der Waals surface area contributed by atoms with Gasteiger partial charge in [0.05, 0.1) is 17.1 Å². The predicted octanol–water partition coefficient (Wildman–Crippen LogP) is 6.21. The fourth-order valence-electron chi connectivity index (χ4n) is 4.54. The van der Waals surface area contributed by atoms with E-state index in [0.29, 0.717) is 12.0 Å². The molecule has 1 saturated carbocycles. The molecule has 1 fully saturated rings. The van der Waals surface area contributed by atoms with Gasteiger partial charge in [0.15, 0.2) is 0 Å². The molecule has 5 rings (SSSR count). The first-order chi connectivity index (χ1) is 16.7. The summed E-state index contributed by atoms with van der Waals surface area (Å²) in [6.07, 6.45) is 7.38. The molecular formula is C29H29N3O2. The molecular weight excluding hydrogens is 422 g/mol. The summed E-state index contributed by atoms with van der Waals surface area (Å²) < 4.78 is 7.49. The fourth-order valence-corrected chi connectivity index (χ4v) is 4.54. The number of ether oxygens (including phenoxy) is 1. The van der Waals surface area contributed by atoms with Crippen molar-refractivity contribution in [3.8, 4) is 5.75 Å². The number of para-hydroxylation sites is 1. The van der Waals surface area contributed by atoms with E-state index in [9.17, 15) is 4.79 Å². The third-order valence-corrected chi connectivity index (χ3v) is 6.46. The van der Waals surface area contributed by atoms with Crippen molar-refractivity contribution >= 4 is 17.1 Å². The van der Waals surface area contributed by atoms with Crippen molar-refractivity contribution in [3.05, 3.63) is 106 Å². The minimum absolute atomic E-state index is 0.116. The van der Waals surface area contributed by atoms with Crippen LogP contribution < -0.4 is 10.3 Å². The second-order valence-corrected chi connectivity index (χ2v) is 9.03. The van der Waals surface area contributed by atoms with Crippen LogP contribution in [-0.2, 0) is 6.61 Å². The Morgan fingerprint density at radius 1 is 1.00 bits per heavy atom. The molecule has 0 saturated heterocycles. The zero-order valence-corrected chi connectivity index (χ0v) is 19.5. The van der Waals surface area contributed by atoms with Gasteiger partial charge < -0.3 is 4.74 Å². The highest BCUT2D eigenvalue weighted by atomic mass is 16.5. The SMILES string of the molecule is Cc1ccc(COc2cccc(C=Nn3c(C4CCCCC4)nc4ccccc4c3=O)c2)cc1. The molecule has 3 aromatic carbocycles. The molecule has 1 aliphatic carbocycles. The van der Waals surface area contributed by atoms with Gasteiger partial charge in [-0.25, -0.2) is 4.98 Å². The summed E-state index contributed by atoms with van der Waals surface area (Å²) in [4.78, 5) is 18.2. The van der Waals surface area contributed by atoms with E-state index < -0.39 is 0 Å². The number of nitrogens with zero attached hydrogens (tertiary/aromatic N) is 3. The maximum Gasteiger partial charge on any atom is 0.282 e. The number of fused-ring (bicyclic) bond motifs is 1. The lowest BCUT2D eigenvalue weighted by atomic mass is 9.88. The van der Waals surface area contributed by atoms with Gasteiger partial charge in [0.2, 0.25) is 0 Å². The summed E-state index contributed by atoms with van der Waals surface area (Å²) in [5.41, 5.74) is 3.85. The molecule has 172 valence electrons. The second-order valence-electron chi connectivity index (χ2n) is 9.03. The average molecular weight is 452 g/mol.